The molecule has 2 aromatic carbocycles. The van der Waals surface area contributed by atoms with Gasteiger partial charge in [-0.05, 0) is 35.4 Å². The van der Waals surface area contributed by atoms with Crippen LogP contribution in [-0.4, -0.2) is 10.9 Å². The normalized spacial score (nSPS) is 10.6. The van der Waals surface area contributed by atoms with Crippen LogP contribution in [0, 0.1) is 10.1 Å². The fourth-order valence-electron chi connectivity index (χ4n) is 1.68. The zero-order chi connectivity index (χ0) is 15.9. The van der Waals surface area contributed by atoms with Crippen molar-refractivity contribution >= 4 is 29.3 Å². The maximum atomic E-state index is 11.6. The molecule has 0 heterocycles. The van der Waals surface area contributed by atoms with Crippen LogP contribution in [0.2, 0.25) is 5.02 Å². The Balaban J connectivity index is 1.90. The summed E-state index contributed by atoms with van der Waals surface area (Å²) in [5.74, 6) is -0.515. The van der Waals surface area contributed by atoms with Gasteiger partial charge >= 0.3 is 5.97 Å². The number of rotatable bonds is 5. The molecular formula is C16H12ClNO4. The number of hydrogen-bond acceptors (Lipinski definition) is 4. The lowest BCUT2D eigenvalue weighted by atomic mass is 10.2. The molecule has 6 heteroatoms. The van der Waals surface area contributed by atoms with E-state index < -0.39 is 10.9 Å². The lowest BCUT2D eigenvalue weighted by molar-refractivity contribution is -0.384. The van der Waals surface area contributed by atoms with Gasteiger partial charge in [-0.1, -0.05) is 29.8 Å². The molecule has 2 rings (SSSR count). The summed E-state index contributed by atoms with van der Waals surface area (Å²) in [7, 11) is 0. The molecular weight excluding hydrogens is 306 g/mol. The third kappa shape index (κ3) is 4.43. The Morgan fingerprint density at radius 2 is 1.86 bits per heavy atom. The summed E-state index contributed by atoms with van der Waals surface area (Å²) in [5, 5.41) is 11.1. The Hall–Kier alpha value is -2.66. The van der Waals surface area contributed by atoms with Gasteiger partial charge < -0.3 is 4.74 Å². The van der Waals surface area contributed by atoms with E-state index in [9.17, 15) is 14.9 Å². The van der Waals surface area contributed by atoms with Gasteiger partial charge in [0.25, 0.3) is 5.69 Å². The first-order valence-corrected chi connectivity index (χ1v) is 6.77. The minimum atomic E-state index is -0.515. The van der Waals surface area contributed by atoms with E-state index in [2.05, 4.69) is 0 Å². The van der Waals surface area contributed by atoms with Crippen molar-refractivity contribution in [2.24, 2.45) is 0 Å². The number of nitro benzene ring substituents is 1. The van der Waals surface area contributed by atoms with Crippen molar-refractivity contribution in [1.82, 2.24) is 0 Å². The van der Waals surface area contributed by atoms with Gasteiger partial charge in [-0.3, -0.25) is 10.1 Å². The van der Waals surface area contributed by atoms with E-state index in [4.69, 9.17) is 16.3 Å². The molecule has 0 aromatic heterocycles. The predicted octanol–water partition coefficient (Wildman–Crippen LogP) is 4.00. The zero-order valence-electron chi connectivity index (χ0n) is 11.4. The van der Waals surface area contributed by atoms with Crippen molar-refractivity contribution in [3.63, 3.8) is 0 Å². The molecule has 0 aliphatic rings. The molecule has 0 amide bonds. The van der Waals surface area contributed by atoms with E-state index >= 15 is 0 Å². The van der Waals surface area contributed by atoms with Crippen LogP contribution in [0.5, 0.6) is 0 Å². The average Bonchev–Trinajstić information content (AvgIpc) is 2.52. The first-order chi connectivity index (χ1) is 10.6. The van der Waals surface area contributed by atoms with Gasteiger partial charge in [0.15, 0.2) is 0 Å². The Kier molecular flexibility index (Phi) is 5.27. The molecule has 2 aromatic rings. The summed E-state index contributed by atoms with van der Waals surface area (Å²) < 4.78 is 5.05. The molecule has 0 aliphatic heterocycles. The first kappa shape index (κ1) is 15.7. The van der Waals surface area contributed by atoms with Crippen LogP contribution in [0.3, 0.4) is 0 Å². The summed E-state index contributed by atoms with van der Waals surface area (Å²) in [6.07, 6.45) is 2.85. The van der Waals surface area contributed by atoms with Crippen molar-refractivity contribution in [2.75, 3.05) is 0 Å². The number of ether oxygens (including phenoxy) is 1. The minimum Gasteiger partial charge on any atom is -0.458 e. The molecule has 0 N–H and O–H groups in total. The van der Waals surface area contributed by atoms with Crippen LogP contribution < -0.4 is 0 Å². The van der Waals surface area contributed by atoms with Gasteiger partial charge in [0.2, 0.25) is 0 Å². The first-order valence-electron chi connectivity index (χ1n) is 6.39. The highest BCUT2D eigenvalue weighted by Gasteiger charge is 2.05. The number of esters is 1. The molecule has 0 spiro atoms. The molecule has 0 unspecified atom stereocenters. The third-order valence-electron chi connectivity index (χ3n) is 2.83. The Bertz CT molecular complexity index is 710. The van der Waals surface area contributed by atoms with Crippen LogP contribution in [0.1, 0.15) is 11.1 Å². The van der Waals surface area contributed by atoms with Crippen LogP contribution in [0.4, 0.5) is 5.69 Å². The monoisotopic (exact) mass is 317 g/mol. The summed E-state index contributed by atoms with van der Waals surface area (Å²) in [6.45, 7) is 0.0453. The summed E-state index contributed by atoms with van der Waals surface area (Å²) in [5.41, 5.74) is 1.38. The summed E-state index contributed by atoms with van der Waals surface area (Å²) >= 11 is 5.96. The van der Waals surface area contributed by atoms with Crippen molar-refractivity contribution in [3.8, 4) is 0 Å². The van der Waals surface area contributed by atoms with E-state index in [1.165, 1.54) is 18.2 Å². The molecule has 0 aliphatic carbocycles. The Morgan fingerprint density at radius 1 is 1.18 bits per heavy atom. The van der Waals surface area contributed by atoms with E-state index in [0.717, 1.165) is 5.56 Å². The van der Waals surface area contributed by atoms with E-state index in [1.807, 2.05) is 6.07 Å². The smallest absolute Gasteiger partial charge is 0.331 e. The quantitative estimate of drug-likeness (QED) is 0.361. The highest BCUT2D eigenvalue weighted by molar-refractivity contribution is 6.32. The van der Waals surface area contributed by atoms with Crippen molar-refractivity contribution < 1.29 is 14.5 Å². The standard InChI is InChI=1S/C16H12ClNO4/c17-15-4-2-1-3-13(15)7-10-16(19)22-11-12-5-8-14(9-6-12)18(20)21/h1-10H,11H2. The third-order valence-corrected chi connectivity index (χ3v) is 3.18. The van der Waals surface area contributed by atoms with Crippen LogP contribution in [0.25, 0.3) is 6.08 Å². The highest BCUT2D eigenvalue weighted by atomic mass is 35.5. The Labute approximate surface area is 131 Å². The largest absolute Gasteiger partial charge is 0.458 e. The van der Waals surface area contributed by atoms with Gasteiger partial charge in [-0.25, -0.2) is 4.79 Å². The fourth-order valence-corrected chi connectivity index (χ4v) is 1.88. The van der Waals surface area contributed by atoms with E-state index in [-0.39, 0.29) is 12.3 Å². The summed E-state index contributed by atoms with van der Waals surface area (Å²) in [4.78, 5) is 21.7. The van der Waals surface area contributed by atoms with Crippen LogP contribution in [0.15, 0.2) is 54.6 Å². The Morgan fingerprint density at radius 3 is 2.50 bits per heavy atom. The van der Waals surface area contributed by atoms with Crippen molar-refractivity contribution in [2.45, 2.75) is 6.61 Å². The average molecular weight is 318 g/mol. The molecule has 0 saturated heterocycles. The summed E-state index contributed by atoms with van der Waals surface area (Å²) in [6, 6.07) is 12.9. The lowest BCUT2D eigenvalue weighted by Crippen LogP contribution is -2.00. The SMILES string of the molecule is O=C(C=Cc1ccccc1Cl)OCc1ccc([N+](=O)[O-])cc1. The van der Waals surface area contributed by atoms with Gasteiger partial charge in [-0.15, -0.1) is 0 Å². The number of nitro groups is 1. The van der Waals surface area contributed by atoms with Crippen molar-refractivity contribution in [3.05, 3.63) is 80.9 Å². The molecule has 22 heavy (non-hydrogen) atoms. The van der Waals surface area contributed by atoms with Crippen LogP contribution >= 0.6 is 11.6 Å². The topological polar surface area (TPSA) is 69.4 Å². The van der Waals surface area contributed by atoms with Gasteiger partial charge in [0, 0.05) is 23.2 Å². The van der Waals surface area contributed by atoms with Crippen LogP contribution in [-0.2, 0) is 16.1 Å². The number of halogens is 1. The number of nitrogens with zero attached hydrogens (tertiary/aromatic N) is 1. The molecule has 0 bridgehead atoms. The maximum absolute atomic E-state index is 11.6. The van der Waals surface area contributed by atoms with Crippen molar-refractivity contribution in [1.29, 1.82) is 0 Å². The second-order valence-corrected chi connectivity index (χ2v) is 4.79. The van der Waals surface area contributed by atoms with Gasteiger partial charge in [0.1, 0.15) is 6.61 Å². The molecule has 0 atom stereocenters. The maximum Gasteiger partial charge on any atom is 0.331 e. The molecule has 0 radical (unpaired) electrons. The second kappa shape index (κ2) is 7.38. The molecule has 5 nitrogen and oxygen atoms in total. The van der Waals surface area contributed by atoms with Gasteiger partial charge in [0.05, 0.1) is 4.92 Å². The second-order valence-electron chi connectivity index (χ2n) is 4.39. The number of non-ortho nitro benzene ring substituents is 1. The van der Waals surface area contributed by atoms with E-state index in [0.29, 0.717) is 10.6 Å². The molecule has 112 valence electrons. The molecule has 0 saturated carbocycles. The zero-order valence-corrected chi connectivity index (χ0v) is 12.2. The van der Waals surface area contributed by atoms with E-state index in [1.54, 1.807) is 36.4 Å². The fraction of sp³-hybridized carbons (Fsp3) is 0.0625. The minimum absolute atomic E-state index is 0.00584. The number of carbonyl (C=O) groups excluding carboxylic acids is 1. The lowest BCUT2D eigenvalue weighted by Gasteiger charge is -2.02. The highest BCUT2D eigenvalue weighted by Crippen LogP contribution is 2.16. The predicted molar refractivity (Wildman–Crippen MR) is 83.4 cm³/mol. The number of hydrogen-bond donors (Lipinski definition) is 0. The number of carbonyl (C=O) groups is 1. The molecule has 0 fully saturated rings. The van der Waals surface area contributed by atoms with Gasteiger partial charge in [-0.2, -0.15) is 0 Å². The number of benzene rings is 2.